The topological polar surface area (TPSA) is 66.5 Å². The summed E-state index contributed by atoms with van der Waals surface area (Å²) in [7, 11) is -3.00. The molecule has 1 saturated heterocycles. The Balaban J connectivity index is 1.80. The first-order valence-electron chi connectivity index (χ1n) is 11.4. The van der Waals surface area contributed by atoms with Gasteiger partial charge in [-0.2, -0.15) is 13.2 Å². The number of hydrogen-bond donors (Lipinski definition) is 1. The molecular weight excluding hydrogens is 453 g/mol. The minimum Gasteiger partial charge on any atom is -0.318 e. The molecule has 9 heteroatoms. The van der Waals surface area contributed by atoms with Crippen LogP contribution in [0.3, 0.4) is 0 Å². The van der Waals surface area contributed by atoms with Crippen LogP contribution in [0, 0.1) is 5.41 Å². The largest absolute Gasteiger partial charge is 0.471 e. The highest BCUT2D eigenvalue weighted by Crippen LogP contribution is 2.41. The lowest BCUT2D eigenvalue weighted by molar-refractivity contribution is -0.167. The van der Waals surface area contributed by atoms with Gasteiger partial charge in [-0.15, -0.1) is 0 Å². The maximum Gasteiger partial charge on any atom is 0.471 e. The zero-order valence-corrected chi connectivity index (χ0v) is 20.3. The Hall–Kier alpha value is -1.87. The molecule has 33 heavy (non-hydrogen) atoms. The normalized spacial score (nSPS) is 20.4. The number of sulfone groups is 1. The number of carbonyl (C=O) groups excluding carboxylic acids is 1. The van der Waals surface area contributed by atoms with Gasteiger partial charge in [0.2, 0.25) is 0 Å². The second-order valence-electron chi connectivity index (χ2n) is 10.1. The van der Waals surface area contributed by atoms with Crippen LogP contribution >= 0.6 is 0 Å². The van der Waals surface area contributed by atoms with Gasteiger partial charge in [-0.25, -0.2) is 8.42 Å². The fourth-order valence-corrected chi connectivity index (χ4v) is 5.08. The van der Waals surface area contributed by atoms with Crippen LogP contribution in [-0.2, 0) is 14.6 Å². The van der Waals surface area contributed by atoms with Crippen molar-refractivity contribution in [1.29, 1.82) is 0 Å². The molecule has 1 aliphatic heterocycles. The predicted octanol–water partition coefficient (Wildman–Crippen LogP) is 5.00. The summed E-state index contributed by atoms with van der Waals surface area (Å²) in [6.07, 6.45) is 2.58. The second kappa shape index (κ2) is 9.78. The third kappa shape index (κ3) is 7.30. The van der Waals surface area contributed by atoms with Crippen LogP contribution in [-0.4, -0.2) is 57.0 Å². The summed E-state index contributed by atoms with van der Waals surface area (Å²) in [5, 5.41) is 2.07. The van der Waals surface area contributed by atoms with Gasteiger partial charge in [-0.1, -0.05) is 26.0 Å². The molecule has 1 N–H and O–H groups in total. The van der Waals surface area contributed by atoms with Gasteiger partial charge in [-0.05, 0) is 79.8 Å². The Morgan fingerprint density at radius 3 is 2.42 bits per heavy atom. The molecular formula is C24H33F3N2O3S. The van der Waals surface area contributed by atoms with Gasteiger partial charge in [0.15, 0.2) is 0 Å². The minimum atomic E-state index is -4.95. The average Bonchev–Trinajstić information content (AvgIpc) is 2.72. The number of hydrogen-bond acceptors (Lipinski definition) is 4. The number of nitrogens with one attached hydrogen (secondary N) is 1. The lowest BCUT2D eigenvalue weighted by Crippen LogP contribution is -2.36. The minimum absolute atomic E-state index is 0.139. The molecule has 1 aromatic carbocycles. The summed E-state index contributed by atoms with van der Waals surface area (Å²) in [4.78, 5) is 13.8. The molecule has 1 aromatic rings. The zero-order chi connectivity index (χ0) is 24.4. The highest BCUT2D eigenvalue weighted by molar-refractivity contribution is 7.90. The first kappa shape index (κ1) is 25.7. The van der Waals surface area contributed by atoms with Crippen molar-refractivity contribution in [2.45, 2.75) is 58.0 Å². The van der Waals surface area contributed by atoms with E-state index in [4.69, 9.17) is 0 Å². The SMILES string of the molecule is CC1(C)CC=C(c2cc(C3CCN(CCS(C)(=O)=O)CC3)ccc2NC(=O)C(F)(F)F)CC1. The maximum absolute atomic E-state index is 12.9. The predicted molar refractivity (Wildman–Crippen MR) is 125 cm³/mol. The summed E-state index contributed by atoms with van der Waals surface area (Å²) in [5.74, 6) is -1.58. The molecule has 0 saturated carbocycles. The molecule has 3 rings (SSSR count). The van der Waals surface area contributed by atoms with Gasteiger partial charge in [0.05, 0.1) is 5.75 Å². The molecule has 0 unspecified atom stereocenters. The first-order valence-corrected chi connectivity index (χ1v) is 13.4. The number of piperidine rings is 1. The molecule has 0 bridgehead atoms. The Kier molecular flexibility index (Phi) is 7.63. The van der Waals surface area contributed by atoms with E-state index in [1.807, 2.05) is 6.07 Å². The number of likely N-dealkylation sites (tertiary alicyclic amines) is 1. The van der Waals surface area contributed by atoms with E-state index in [2.05, 4.69) is 30.1 Å². The molecule has 184 valence electrons. The number of benzene rings is 1. The molecule has 1 fully saturated rings. The molecule has 5 nitrogen and oxygen atoms in total. The molecule has 0 aromatic heterocycles. The number of alkyl halides is 3. The third-order valence-corrected chi connectivity index (χ3v) is 7.63. The first-order chi connectivity index (χ1) is 15.2. The van der Waals surface area contributed by atoms with Crippen LogP contribution in [0.25, 0.3) is 5.57 Å². The molecule has 1 amide bonds. The lowest BCUT2D eigenvalue weighted by atomic mass is 9.76. The van der Waals surface area contributed by atoms with Crippen molar-refractivity contribution in [1.82, 2.24) is 4.90 Å². The van der Waals surface area contributed by atoms with Gasteiger partial charge in [0.1, 0.15) is 9.84 Å². The van der Waals surface area contributed by atoms with Crippen LogP contribution < -0.4 is 5.32 Å². The van der Waals surface area contributed by atoms with Crippen LogP contribution in [0.2, 0.25) is 0 Å². The zero-order valence-electron chi connectivity index (χ0n) is 19.5. The number of carbonyl (C=O) groups is 1. The summed E-state index contributed by atoms with van der Waals surface area (Å²) in [5.41, 5.74) is 3.02. The molecule has 0 atom stereocenters. The van der Waals surface area contributed by atoms with Gasteiger partial charge in [-0.3, -0.25) is 4.79 Å². The van der Waals surface area contributed by atoms with Crippen molar-refractivity contribution in [3.05, 3.63) is 35.4 Å². The van der Waals surface area contributed by atoms with Crippen molar-refractivity contribution >= 4 is 27.0 Å². The fourth-order valence-electron chi connectivity index (χ4n) is 4.49. The Morgan fingerprint density at radius 1 is 1.21 bits per heavy atom. The number of halogens is 3. The summed E-state index contributed by atoms with van der Waals surface area (Å²) in [6.45, 7) is 6.40. The average molecular weight is 487 g/mol. The van der Waals surface area contributed by atoms with Crippen molar-refractivity contribution in [2.75, 3.05) is 37.0 Å². The van der Waals surface area contributed by atoms with Gasteiger partial charge in [0.25, 0.3) is 0 Å². The Bertz CT molecular complexity index is 1010. The second-order valence-corrected chi connectivity index (χ2v) is 12.4. The van der Waals surface area contributed by atoms with Crippen LogP contribution in [0.15, 0.2) is 24.3 Å². The lowest BCUT2D eigenvalue weighted by Gasteiger charge is -2.33. The van der Waals surface area contributed by atoms with Gasteiger partial charge >= 0.3 is 12.1 Å². The van der Waals surface area contributed by atoms with Crippen molar-refractivity contribution in [3.63, 3.8) is 0 Å². The summed E-state index contributed by atoms with van der Waals surface area (Å²) in [6, 6.07) is 5.33. The van der Waals surface area contributed by atoms with Crippen molar-refractivity contribution in [2.24, 2.45) is 5.41 Å². The molecule has 1 aliphatic carbocycles. The van der Waals surface area contributed by atoms with Crippen molar-refractivity contribution in [3.8, 4) is 0 Å². The highest BCUT2D eigenvalue weighted by Gasteiger charge is 2.39. The van der Waals surface area contributed by atoms with E-state index in [9.17, 15) is 26.4 Å². The summed E-state index contributed by atoms with van der Waals surface area (Å²) < 4.78 is 61.5. The number of rotatable bonds is 6. The highest BCUT2D eigenvalue weighted by atomic mass is 32.2. The monoisotopic (exact) mass is 486 g/mol. The molecule has 2 aliphatic rings. The number of nitrogens with zero attached hydrogens (tertiary/aromatic N) is 1. The van der Waals surface area contributed by atoms with E-state index >= 15 is 0 Å². The van der Waals surface area contributed by atoms with E-state index in [0.29, 0.717) is 12.1 Å². The van der Waals surface area contributed by atoms with E-state index in [0.717, 1.165) is 56.3 Å². The third-order valence-electron chi connectivity index (χ3n) is 6.70. The number of allylic oxidation sites excluding steroid dienone is 2. The Morgan fingerprint density at radius 2 is 1.88 bits per heavy atom. The molecule has 0 spiro atoms. The number of anilines is 1. The standard InChI is InChI=1S/C24H33F3N2O3S/c1-23(2)10-6-18(7-11-23)20-16-19(4-5-21(20)28-22(30)24(25,26)27)17-8-12-29(13-9-17)14-15-33(3,31)32/h4-6,16-17H,7-15H2,1-3H3,(H,28,30). The summed E-state index contributed by atoms with van der Waals surface area (Å²) >= 11 is 0. The van der Waals surface area contributed by atoms with E-state index < -0.39 is 21.9 Å². The Labute approximate surface area is 194 Å². The quantitative estimate of drug-likeness (QED) is 0.614. The molecule has 1 heterocycles. The van der Waals surface area contributed by atoms with Crippen LogP contribution in [0.4, 0.5) is 18.9 Å². The van der Waals surface area contributed by atoms with Crippen molar-refractivity contribution < 1.29 is 26.4 Å². The molecule has 0 radical (unpaired) electrons. The van der Waals surface area contributed by atoms with E-state index in [1.54, 1.807) is 12.1 Å². The smallest absolute Gasteiger partial charge is 0.318 e. The maximum atomic E-state index is 12.9. The van der Waals surface area contributed by atoms with E-state index in [1.165, 1.54) is 6.26 Å². The van der Waals surface area contributed by atoms with Gasteiger partial charge in [0, 0.05) is 24.1 Å². The van der Waals surface area contributed by atoms with Gasteiger partial charge < -0.3 is 10.2 Å². The fraction of sp³-hybridized carbons (Fsp3) is 0.625. The number of amides is 1. The van der Waals surface area contributed by atoms with Crippen LogP contribution in [0.1, 0.15) is 63.0 Å². The van der Waals surface area contributed by atoms with E-state index in [-0.39, 0.29) is 22.8 Å². The van der Waals surface area contributed by atoms with Crippen LogP contribution in [0.5, 0.6) is 0 Å².